The number of ether oxygens (including phenoxy) is 2. The summed E-state index contributed by atoms with van der Waals surface area (Å²) in [6.45, 7) is 4.01. The molecule has 0 N–H and O–H groups in total. The van der Waals surface area contributed by atoms with Crippen LogP contribution in [0.25, 0.3) is 0 Å². The molecule has 4 heteroatoms. The van der Waals surface area contributed by atoms with E-state index in [1.165, 1.54) is 5.56 Å². The zero-order valence-electron chi connectivity index (χ0n) is 12.2. The molecule has 0 aromatic heterocycles. The Morgan fingerprint density at radius 3 is 2.80 bits per heavy atom. The highest BCUT2D eigenvalue weighted by Gasteiger charge is 2.35. The lowest BCUT2D eigenvalue weighted by Gasteiger charge is -2.42. The summed E-state index contributed by atoms with van der Waals surface area (Å²) in [5.41, 5.74) is 1.28. The van der Waals surface area contributed by atoms with E-state index in [9.17, 15) is 4.79 Å². The van der Waals surface area contributed by atoms with Crippen molar-refractivity contribution in [3.05, 3.63) is 35.9 Å². The van der Waals surface area contributed by atoms with Crippen LogP contribution in [0.1, 0.15) is 12.5 Å². The molecule has 2 rings (SSSR count). The lowest BCUT2D eigenvalue weighted by atomic mass is 10.0. The predicted molar refractivity (Wildman–Crippen MR) is 77.8 cm³/mol. The molecule has 0 bridgehead atoms. The number of hydrogen-bond acceptors (Lipinski definition) is 4. The molecule has 1 aliphatic rings. The summed E-state index contributed by atoms with van der Waals surface area (Å²) in [5, 5.41) is 0. The highest BCUT2D eigenvalue weighted by Crippen LogP contribution is 2.19. The van der Waals surface area contributed by atoms with Crippen molar-refractivity contribution < 1.29 is 14.3 Å². The smallest absolute Gasteiger partial charge is 0.139 e. The number of carbonyl (C=O) groups excluding carboxylic acids is 1. The largest absolute Gasteiger partial charge is 0.383 e. The standard InChI is InChI=1S/C16H23NO3/c1-13-16(10-18)17(15(11-19-2)12-20-13)9-8-14-6-4-3-5-7-14/h3-7,10,13,15-16H,8-9,11-12H2,1-2H3. The van der Waals surface area contributed by atoms with E-state index in [1.807, 2.05) is 25.1 Å². The fourth-order valence-corrected chi connectivity index (χ4v) is 2.73. The summed E-state index contributed by atoms with van der Waals surface area (Å²) in [6.07, 6.45) is 1.87. The highest BCUT2D eigenvalue weighted by molar-refractivity contribution is 5.59. The number of hydrogen-bond donors (Lipinski definition) is 0. The molecule has 1 aliphatic heterocycles. The van der Waals surface area contributed by atoms with Crippen molar-refractivity contribution in [2.24, 2.45) is 0 Å². The average Bonchev–Trinajstić information content (AvgIpc) is 2.48. The van der Waals surface area contributed by atoms with E-state index in [2.05, 4.69) is 17.0 Å². The number of aldehydes is 1. The molecule has 1 saturated heterocycles. The van der Waals surface area contributed by atoms with Gasteiger partial charge < -0.3 is 14.3 Å². The van der Waals surface area contributed by atoms with Crippen molar-refractivity contribution in [2.75, 3.05) is 26.9 Å². The van der Waals surface area contributed by atoms with E-state index in [0.717, 1.165) is 19.3 Å². The van der Waals surface area contributed by atoms with Gasteiger partial charge in [-0.05, 0) is 18.9 Å². The first-order valence-electron chi connectivity index (χ1n) is 7.11. The van der Waals surface area contributed by atoms with Crippen LogP contribution in [0.4, 0.5) is 0 Å². The van der Waals surface area contributed by atoms with Gasteiger partial charge in [0.25, 0.3) is 0 Å². The molecule has 0 saturated carbocycles. The second-order valence-electron chi connectivity index (χ2n) is 5.25. The van der Waals surface area contributed by atoms with Gasteiger partial charge in [0, 0.05) is 13.7 Å². The van der Waals surface area contributed by atoms with Crippen LogP contribution in [-0.2, 0) is 20.7 Å². The van der Waals surface area contributed by atoms with E-state index in [4.69, 9.17) is 9.47 Å². The van der Waals surface area contributed by atoms with Gasteiger partial charge in [0.15, 0.2) is 0 Å². The van der Waals surface area contributed by atoms with E-state index in [-0.39, 0.29) is 18.2 Å². The summed E-state index contributed by atoms with van der Waals surface area (Å²) in [5.74, 6) is 0. The Hall–Kier alpha value is -1.23. The molecule has 3 atom stereocenters. The second kappa shape index (κ2) is 7.53. The topological polar surface area (TPSA) is 38.8 Å². The first kappa shape index (κ1) is 15.2. The molecule has 1 aromatic rings. The van der Waals surface area contributed by atoms with Crippen LogP contribution in [0.5, 0.6) is 0 Å². The third-order valence-electron chi connectivity index (χ3n) is 3.88. The number of nitrogens with zero attached hydrogens (tertiary/aromatic N) is 1. The number of morpholine rings is 1. The fourth-order valence-electron chi connectivity index (χ4n) is 2.73. The molecule has 20 heavy (non-hydrogen) atoms. The van der Waals surface area contributed by atoms with Crippen LogP contribution in [0.3, 0.4) is 0 Å². The molecular formula is C16H23NO3. The second-order valence-corrected chi connectivity index (χ2v) is 5.25. The minimum atomic E-state index is -0.187. The van der Waals surface area contributed by atoms with Crippen molar-refractivity contribution in [3.63, 3.8) is 0 Å². The summed E-state index contributed by atoms with van der Waals surface area (Å²) < 4.78 is 10.9. The maximum Gasteiger partial charge on any atom is 0.139 e. The van der Waals surface area contributed by atoms with Gasteiger partial charge in [-0.1, -0.05) is 30.3 Å². The number of methoxy groups -OCH3 is 1. The number of carbonyl (C=O) groups is 1. The molecule has 1 heterocycles. The van der Waals surface area contributed by atoms with Crippen molar-refractivity contribution >= 4 is 6.29 Å². The molecule has 0 radical (unpaired) electrons. The fraction of sp³-hybridized carbons (Fsp3) is 0.562. The third-order valence-corrected chi connectivity index (χ3v) is 3.88. The van der Waals surface area contributed by atoms with E-state index in [1.54, 1.807) is 7.11 Å². The minimum absolute atomic E-state index is 0.0589. The average molecular weight is 277 g/mol. The first-order valence-corrected chi connectivity index (χ1v) is 7.11. The monoisotopic (exact) mass is 277 g/mol. The van der Waals surface area contributed by atoms with Gasteiger partial charge in [0.2, 0.25) is 0 Å². The Morgan fingerprint density at radius 1 is 1.40 bits per heavy atom. The molecule has 0 aliphatic carbocycles. The minimum Gasteiger partial charge on any atom is -0.383 e. The van der Waals surface area contributed by atoms with Crippen molar-refractivity contribution in [2.45, 2.75) is 31.5 Å². The Morgan fingerprint density at radius 2 is 2.15 bits per heavy atom. The van der Waals surface area contributed by atoms with Gasteiger partial charge >= 0.3 is 0 Å². The lowest BCUT2D eigenvalue weighted by Crippen LogP contribution is -2.58. The molecule has 110 valence electrons. The quantitative estimate of drug-likeness (QED) is 0.739. The third kappa shape index (κ3) is 3.66. The summed E-state index contributed by atoms with van der Waals surface area (Å²) in [4.78, 5) is 13.6. The summed E-state index contributed by atoms with van der Waals surface area (Å²) in [6, 6.07) is 10.3. The molecule has 0 spiro atoms. The maximum atomic E-state index is 11.4. The van der Waals surface area contributed by atoms with E-state index >= 15 is 0 Å². The molecular weight excluding hydrogens is 254 g/mol. The van der Waals surface area contributed by atoms with E-state index < -0.39 is 0 Å². The molecule has 1 aromatic carbocycles. The van der Waals surface area contributed by atoms with Gasteiger partial charge in [-0.15, -0.1) is 0 Å². The maximum absolute atomic E-state index is 11.4. The SMILES string of the molecule is COCC1COC(C)C(C=O)N1CCc1ccccc1. The molecule has 4 nitrogen and oxygen atoms in total. The molecule has 3 unspecified atom stereocenters. The Balaban J connectivity index is 2.03. The normalized spacial score (nSPS) is 27.4. The van der Waals surface area contributed by atoms with Crippen LogP contribution in [0, 0.1) is 0 Å². The Kier molecular flexibility index (Phi) is 5.71. The molecule has 1 fully saturated rings. The van der Waals surface area contributed by atoms with Crippen LogP contribution in [0.2, 0.25) is 0 Å². The summed E-state index contributed by atoms with van der Waals surface area (Å²) in [7, 11) is 1.68. The lowest BCUT2D eigenvalue weighted by molar-refractivity contribution is -0.136. The molecule has 0 amide bonds. The predicted octanol–water partition coefficient (Wildman–Crippen LogP) is 1.53. The highest BCUT2D eigenvalue weighted by atomic mass is 16.5. The number of benzene rings is 1. The van der Waals surface area contributed by atoms with E-state index in [0.29, 0.717) is 13.2 Å². The number of rotatable bonds is 6. The zero-order valence-corrected chi connectivity index (χ0v) is 12.2. The van der Waals surface area contributed by atoms with Gasteiger partial charge in [-0.2, -0.15) is 0 Å². The Bertz CT molecular complexity index is 409. The summed E-state index contributed by atoms with van der Waals surface area (Å²) >= 11 is 0. The van der Waals surface area contributed by atoms with Crippen LogP contribution >= 0.6 is 0 Å². The van der Waals surface area contributed by atoms with Crippen LogP contribution in [-0.4, -0.2) is 56.2 Å². The van der Waals surface area contributed by atoms with Crippen molar-refractivity contribution in [3.8, 4) is 0 Å². The van der Waals surface area contributed by atoms with Gasteiger partial charge in [0.05, 0.1) is 31.4 Å². The zero-order chi connectivity index (χ0) is 14.4. The van der Waals surface area contributed by atoms with Crippen molar-refractivity contribution in [1.82, 2.24) is 4.90 Å². The van der Waals surface area contributed by atoms with Gasteiger partial charge in [-0.25, -0.2) is 0 Å². The van der Waals surface area contributed by atoms with Crippen LogP contribution in [0.15, 0.2) is 30.3 Å². The first-order chi connectivity index (χ1) is 9.76. The van der Waals surface area contributed by atoms with Gasteiger partial charge in [-0.3, -0.25) is 4.90 Å². The Labute approximate surface area is 120 Å². The van der Waals surface area contributed by atoms with Crippen molar-refractivity contribution in [1.29, 1.82) is 0 Å². The van der Waals surface area contributed by atoms with Gasteiger partial charge in [0.1, 0.15) is 6.29 Å². The van der Waals surface area contributed by atoms with Crippen LogP contribution < -0.4 is 0 Å².